The number of hydrogen-bond acceptors (Lipinski definition) is 13. The summed E-state index contributed by atoms with van der Waals surface area (Å²) in [5.41, 5.74) is 0.955. The number of nitrogens with zero attached hydrogens (tertiary/aromatic N) is 2. The van der Waals surface area contributed by atoms with Gasteiger partial charge in [-0.1, -0.05) is 53.2 Å². The van der Waals surface area contributed by atoms with Gasteiger partial charge in [-0.05, 0) is 24.3 Å². The lowest BCUT2D eigenvalue weighted by atomic mass is 9.97. The van der Waals surface area contributed by atoms with Crippen LogP contribution in [0.15, 0.2) is 56.8 Å². The maximum absolute atomic E-state index is 12.9. The predicted molar refractivity (Wildman–Crippen MR) is 169 cm³/mol. The summed E-state index contributed by atoms with van der Waals surface area (Å²) in [7, 11) is 0. The van der Waals surface area contributed by atoms with Crippen molar-refractivity contribution in [3.05, 3.63) is 68.5 Å². The van der Waals surface area contributed by atoms with Gasteiger partial charge >= 0.3 is 29.5 Å². The number of carbonyl (C=O) groups is 4. The molecule has 47 heavy (non-hydrogen) atoms. The fourth-order valence-electron chi connectivity index (χ4n) is 5.18. The fraction of sp³-hybridized carbons (Fsp3) is 0.355. The summed E-state index contributed by atoms with van der Waals surface area (Å²) in [5, 5.41) is 1.34. The quantitative estimate of drug-likeness (QED) is 0.0990. The van der Waals surface area contributed by atoms with Crippen molar-refractivity contribution in [3.8, 4) is 0 Å². The van der Waals surface area contributed by atoms with Crippen LogP contribution >= 0.6 is 35.0 Å². The second-order valence-electron chi connectivity index (χ2n) is 10.5. The standard InChI is InChI=1S/C31H28Cl2N2O11S/c1-14(36)41-12-25-26(42-15(2)37)27(43-16(3)38)28(44-17(4)39)29(45-25)35-23-11-21(33)20(32)10-22(23)34-31(35)47-13-19-9-18-7-5-6-8-24(18)46-30(19)40/h5-11,25-29H,12-13H2,1-4H3/t25-,26-,27+,28-,29-/m1/s1. The topological polar surface area (TPSA) is 162 Å². The van der Waals surface area contributed by atoms with Crippen LogP contribution < -0.4 is 5.63 Å². The molecular formula is C31H28Cl2N2O11S. The van der Waals surface area contributed by atoms with Crippen LogP contribution in [0.3, 0.4) is 0 Å². The third-order valence-corrected chi connectivity index (χ3v) is 8.71. The number of halogens is 2. The molecule has 5 atom stereocenters. The molecule has 0 N–H and O–H groups in total. The second kappa shape index (κ2) is 14.3. The van der Waals surface area contributed by atoms with Crippen LogP contribution in [0, 0.1) is 0 Å². The highest BCUT2D eigenvalue weighted by atomic mass is 35.5. The van der Waals surface area contributed by atoms with Crippen LogP contribution in [0.4, 0.5) is 0 Å². The van der Waals surface area contributed by atoms with Crippen molar-refractivity contribution < 1.29 is 47.3 Å². The molecule has 0 saturated carbocycles. The summed E-state index contributed by atoms with van der Waals surface area (Å²) in [5.74, 6) is -2.88. The number of thioether (sulfide) groups is 1. The molecule has 4 aromatic rings. The highest BCUT2D eigenvalue weighted by Gasteiger charge is 2.53. The van der Waals surface area contributed by atoms with Gasteiger partial charge < -0.3 is 28.1 Å². The summed E-state index contributed by atoms with van der Waals surface area (Å²) in [6.45, 7) is 4.17. The van der Waals surface area contributed by atoms with Gasteiger partial charge in [0.1, 0.15) is 18.3 Å². The van der Waals surface area contributed by atoms with Gasteiger partial charge in [0.15, 0.2) is 29.7 Å². The van der Waals surface area contributed by atoms with E-state index in [1.165, 1.54) is 19.1 Å². The molecule has 16 heteroatoms. The van der Waals surface area contributed by atoms with Crippen molar-refractivity contribution in [2.45, 2.75) is 69.2 Å². The number of fused-ring (bicyclic) bond motifs is 2. The Morgan fingerprint density at radius 3 is 2.19 bits per heavy atom. The van der Waals surface area contributed by atoms with Crippen LogP contribution in [-0.2, 0) is 48.6 Å². The van der Waals surface area contributed by atoms with Gasteiger partial charge in [-0.25, -0.2) is 9.78 Å². The van der Waals surface area contributed by atoms with Crippen molar-refractivity contribution in [2.75, 3.05) is 6.61 Å². The van der Waals surface area contributed by atoms with Crippen LogP contribution in [-0.4, -0.2) is 64.5 Å². The van der Waals surface area contributed by atoms with Crippen molar-refractivity contribution in [1.29, 1.82) is 0 Å². The highest BCUT2D eigenvalue weighted by Crippen LogP contribution is 2.41. The van der Waals surface area contributed by atoms with Gasteiger partial charge in [0.05, 0.1) is 21.1 Å². The molecule has 0 bridgehead atoms. The molecule has 5 rings (SSSR count). The van der Waals surface area contributed by atoms with Gasteiger partial charge in [0.2, 0.25) is 0 Å². The zero-order valence-electron chi connectivity index (χ0n) is 25.4. The largest absolute Gasteiger partial charge is 0.463 e. The number of benzene rings is 2. The summed E-state index contributed by atoms with van der Waals surface area (Å²) in [4.78, 5) is 66.4. The number of aromatic nitrogens is 2. The molecule has 0 aliphatic carbocycles. The van der Waals surface area contributed by atoms with E-state index >= 15 is 0 Å². The Morgan fingerprint density at radius 1 is 0.872 bits per heavy atom. The molecule has 0 unspecified atom stereocenters. The van der Waals surface area contributed by atoms with E-state index in [4.69, 9.17) is 56.3 Å². The Bertz CT molecular complexity index is 1930. The van der Waals surface area contributed by atoms with Gasteiger partial charge in [-0.15, -0.1) is 0 Å². The van der Waals surface area contributed by atoms with Gasteiger partial charge in [0, 0.05) is 44.4 Å². The maximum Gasteiger partial charge on any atom is 0.340 e. The van der Waals surface area contributed by atoms with Crippen molar-refractivity contribution in [2.24, 2.45) is 0 Å². The lowest BCUT2D eigenvalue weighted by Gasteiger charge is -2.45. The Kier molecular flexibility index (Phi) is 10.4. The Balaban J connectivity index is 1.66. The molecule has 1 aliphatic heterocycles. The molecule has 3 heterocycles. The van der Waals surface area contributed by atoms with E-state index in [1.54, 1.807) is 22.8 Å². The van der Waals surface area contributed by atoms with E-state index in [1.807, 2.05) is 12.1 Å². The van der Waals surface area contributed by atoms with E-state index < -0.39 is 66.8 Å². The molecule has 1 saturated heterocycles. The number of esters is 4. The minimum atomic E-state index is -1.43. The Labute approximate surface area is 281 Å². The van der Waals surface area contributed by atoms with Crippen LogP contribution in [0.25, 0.3) is 22.0 Å². The number of ether oxygens (including phenoxy) is 5. The smallest absolute Gasteiger partial charge is 0.340 e. The Morgan fingerprint density at radius 2 is 1.51 bits per heavy atom. The first kappa shape index (κ1) is 34.2. The first-order chi connectivity index (χ1) is 22.3. The van der Waals surface area contributed by atoms with E-state index in [9.17, 15) is 24.0 Å². The van der Waals surface area contributed by atoms with E-state index in [0.29, 0.717) is 27.6 Å². The zero-order chi connectivity index (χ0) is 34.0. The van der Waals surface area contributed by atoms with Gasteiger partial charge in [-0.3, -0.25) is 23.7 Å². The third-order valence-electron chi connectivity index (χ3n) is 6.99. The van der Waals surface area contributed by atoms with Crippen molar-refractivity contribution in [3.63, 3.8) is 0 Å². The molecule has 13 nitrogen and oxygen atoms in total. The average molecular weight is 708 g/mol. The molecule has 0 radical (unpaired) electrons. The number of imidazole rings is 1. The summed E-state index contributed by atoms with van der Waals surface area (Å²) >= 11 is 13.9. The number of carbonyl (C=O) groups excluding carboxylic acids is 4. The van der Waals surface area contributed by atoms with E-state index in [2.05, 4.69) is 0 Å². The second-order valence-corrected chi connectivity index (χ2v) is 12.3. The molecule has 1 fully saturated rings. The molecule has 248 valence electrons. The number of para-hydroxylation sites is 1. The average Bonchev–Trinajstić information content (AvgIpc) is 3.33. The minimum Gasteiger partial charge on any atom is -0.463 e. The summed E-state index contributed by atoms with van der Waals surface area (Å²) < 4.78 is 35.4. The number of hydrogen-bond donors (Lipinski definition) is 0. The van der Waals surface area contributed by atoms with Crippen LogP contribution in [0.1, 0.15) is 39.5 Å². The SMILES string of the molecule is CC(=O)OC[C@H]1O[C@@H](n2c(SCc3cc4ccccc4oc3=O)nc3cc(Cl)c(Cl)cc32)[C@H](OC(C)=O)[C@@H](OC(C)=O)[C@@H]1OC(C)=O. The maximum atomic E-state index is 12.9. The van der Waals surface area contributed by atoms with Crippen molar-refractivity contribution in [1.82, 2.24) is 9.55 Å². The Hall–Kier alpha value is -4.11. The van der Waals surface area contributed by atoms with E-state index in [0.717, 1.165) is 32.5 Å². The third kappa shape index (κ3) is 7.73. The van der Waals surface area contributed by atoms with Crippen molar-refractivity contribution >= 4 is 80.8 Å². The van der Waals surface area contributed by atoms with Crippen LogP contribution in [0.2, 0.25) is 10.0 Å². The molecule has 2 aromatic carbocycles. The lowest BCUT2D eigenvalue weighted by molar-refractivity contribution is -0.269. The monoisotopic (exact) mass is 706 g/mol. The minimum absolute atomic E-state index is 0.0865. The van der Waals surface area contributed by atoms with E-state index in [-0.39, 0.29) is 21.0 Å². The lowest BCUT2D eigenvalue weighted by Crippen LogP contribution is -2.60. The molecular weight excluding hydrogens is 679 g/mol. The van der Waals surface area contributed by atoms with Crippen LogP contribution in [0.5, 0.6) is 0 Å². The number of rotatable bonds is 9. The molecule has 1 aliphatic rings. The molecule has 0 spiro atoms. The molecule has 0 amide bonds. The zero-order valence-corrected chi connectivity index (χ0v) is 27.7. The highest BCUT2D eigenvalue weighted by molar-refractivity contribution is 7.98. The summed E-state index contributed by atoms with van der Waals surface area (Å²) in [6, 6.07) is 11.8. The van der Waals surface area contributed by atoms with Gasteiger partial charge in [0.25, 0.3) is 0 Å². The predicted octanol–water partition coefficient (Wildman–Crippen LogP) is 5.00. The molecule has 2 aromatic heterocycles. The fourth-order valence-corrected chi connectivity index (χ4v) is 6.48. The first-order valence-electron chi connectivity index (χ1n) is 14.1. The summed E-state index contributed by atoms with van der Waals surface area (Å²) in [6.07, 6.45) is -6.75. The normalized spacial score (nSPS) is 20.9. The van der Waals surface area contributed by atoms with Gasteiger partial charge in [-0.2, -0.15) is 0 Å². The first-order valence-corrected chi connectivity index (χ1v) is 15.9.